The smallest absolute Gasteiger partial charge is 0.104 e. The lowest BCUT2D eigenvalue weighted by molar-refractivity contribution is 0.00441. The van der Waals surface area contributed by atoms with E-state index < -0.39 is 0 Å². The summed E-state index contributed by atoms with van der Waals surface area (Å²) >= 11 is 1.76. The molecular weight excluding hydrogens is 230 g/mol. The van der Waals surface area contributed by atoms with Crippen LogP contribution in [0.2, 0.25) is 0 Å². The van der Waals surface area contributed by atoms with Crippen LogP contribution in [0.5, 0.6) is 0 Å². The molecule has 3 heteroatoms. The van der Waals surface area contributed by atoms with Crippen LogP contribution in [-0.4, -0.2) is 13.2 Å². The van der Waals surface area contributed by atoms with Crippen molar-refractivity contribution in [2.24, 2.45) is 0 Å². The molecule has 3 rings (SSSR count). The second-order valence-electron chi connectivity index (χ2n) is 4.21. The molecule has 0 saturated carbocycles. The molecule has 2 heterocycles. The summed E-state index contributed by atoms with van der Waals surface area (Å²) in [6.07, 6.45) is 0.218. The standard InChI is InChI=1S/C14H15NOS/c1-2-5-11(6-3-1)12-10-16-13(9-15-12)14-7-4-8-17-14/h1-8,12-13,15H,9-10H2. The summed E-state index contributed by atoms with van der Waals surface area (Å²) < 4.78 is 5.94. The number of hydrogen-bond donors (Lipinski definition) is 1. The molecule has 1 aromatic heterocycles. The Bertz CT molecular complexity index is 446. The second kappa shape index (κ2) is 5.00. The van der Waals surface area contributed by atoms with Crippen LogP contribution >= 0.6 is 11.3 Å². The van der Waals surface area contributed by atoms with Gasteiger partial charge in [-0.2, -0.15) is 0 Å². The highest BCUT2D eigenvalue weighted by Gasteiger charge is 2.23. The summed E-state index contributed by atoms with van der Waals surface area (Å²) in [6, 6.07) is 15.0. The predicted molar refractivity (Wildman–Crippen MR) is 70.2 cm³/mol. The first-order valence-electron chi connectivity index (χ1n) is 5.87. The van der Waals surface area contributed by atoms with Crippen molar-refractivity contribution in [1.82, 2.24) is 5.32 Å². The van der Waals surface area contributed by atoms with Crippen molar-refractivity contribution in [2.45, 2.75) is 12.1 Å². The normalized spacial score (nSPS) is 24.7. The van der Waals surface area contributed by atoms with Gasteiger partial charge in [-0.3, -0.25) is 0 Å². The maximum atomic E-state index is 5.94. The van der Waals surface area contributed by atoms with Gasteiger partial charge in [-0.05, 0) is 17.0 Å². The highest BCUT2D eigenvalue weighted by molar-refractivity contribution is 7.10. The lowest BCUT2D eigenvalue weighted by Crippen LogP contribution is -2.36. The molecule has 0 bridgehead atoms. The van der Waals surface area contributed by atoms with Crippen molar-refractivity contribution in [2.75, 3.05) is 13.2 Å². The topological polar surface area (TPSA) is 21.3 Å². The van der Waals surface area contributed by atoms with Gasteiger partial charge in [0.2, 0.25) is 0 Å². The highest BCUT2D eigenvalue weighted by Crippen LogP contribution is 2.27. The molecule has 1 aliphatic rings. The molecule has 2 atom stereocenters. The molecule has 2 aromatic rings. The van der Waals surface area contributed by atoms with Crippen LogP contribution in [0.4, 0.5) is 0 Å². The molecule has 1 fully saturated rings. The fraction of sp³-hybridized carbons (Fsp3) is 0.286. The number of morpholine rings is 1. The number of thiophene rings is 1. The van der Waals surface area contributed by atoms with E-state index >= 15 is 0 Å². The number of nitrogens with one attached hydrogen (secondary N) is 1. The zero-order valence-electron chi connectivity index (χ0n) is 9.50. The van der Waals surface area contributed by atoms with E-state index in [2.05, 4.69) is 47.1 Å². The van der Waals surface area contributed by atoms with Gasteiger partial charge >= 0.3 is 0 Å². The number of rotatable bonds is 2. The van der Waals surface area contributed by atoms with Crippen LogP contribution in [0.3, 0.4) is 0 Å². The number of benzene rings is 1. The van der Waals surface area contributed by atoms with E-state index in [1.54, 1.807) is 11.3 Å². The largest absolute Gasteiger partial charge is 0.369 e. The third-order valence-corrected chi connectivity index (χ3v) is 4.04. The Morgan fingerprint density at radius 3 is 2.65 bits per heavy atom. The summed E-state index contributed by atoms with van der Waals surface area (Å²) in [5, 5.41) is 5.65. The van der Waals surface area contributed by atoms with Gasteiger partial charge in [0.1, 0.15) is 6.10 Å². The first-order valence-corrected chi connectivity index (χ1v) is 6.75. The Balaban J connectivity index is 1.65. The van der Waals surface area contributed by atoms with Crippen molar-refractivity contribution in [1.29, 1.82) is 0 Å². The van der Waals surface area contributed by atoms with Gasteiger partial charge in [0.05, 0.1) is 12.6 Å². The molecule has 0 amide bonds. The van der Waals surface area contributed by atoms with E-state index in [0.717, 1.165) is 13.2 Å². The quantitative estimate of drug-likeness (QED) is 0.877. The zero-order valence-corrected chi connectivity index (χ0v) is 10.3. The molecule has 88 valence electrons. The Hall–Kier alpha value is -1.16. The predicted octanol–water partition coefficient (Wildman–Crippen LogP) is 3.15. The average molecular weight is 245 g/mol. The maximum absolute atomic E-state index is 5.94. The van der Waals surface area contributed by atoms with Crippen molar-refractivity contribution in [3.05, 3.63) is 58.3 Å². The van der Waals surface area contributed by atoms with Crippen molar-refractivity contribution < 1.29 is 4.74 Å². The van der Waals surface area contributed by atoms with Crippen LogP contribution in [0.15, 0.2) is 47.8 Å². The molecule has 1 aliphatic heterocycles. The molecule has 0 spiro atoms. The lowest BCUT2D eigenvalue weighted by Gasteiger charge is -2.30. The molecule has 0 radical (unpaired) electrons. The van der Waals surface area contributed by atoms with E-state index in [1.807, 2.05) is 6.07 Å². The fourth-order valence-corrected chi connectivity index (χ4v) is 2.91. The van der Waals surface area contributed by atoms with Gasteiger partial charge in [0.25, 0.3) is 0 Å². The summed E-state index contributed by atoms with van der Waals surface area (Å²) in [7, 11) is 0. The van der Waals surface area contributed by atoms with Crippen LogP contribution in [0.25, 0.3) is 0 Å². The first kappa shape index (κ1) is 11.0. The molecule has 1 N–H and O–H groups in total. The van der Waals surface area contributed by atoms with Crippen LogP contribution in [0.1, 0.15) is 22.6 Å². The molecule has 0 aliphatic carbocycles. The average Bonchev–Trinajstić information content (AvgIpc) is 2.94. The molecule has 17 heavy (non-hydrogen) atoms. The van der Waals surface area contributed by atoms with Gasteiger partial charge < -0.3 is 10.1 Å². The minimum absolute atomic E-state index is 0.218. The molecule has 1 saturated heterocycles. The van der Waals surface area contributed by atoms with E-state index in [-0.39, 0.29) is 6.10 Å². The molecule has 2 unspecified atom stereocenters. The molecule has 2 nitrogen and oxygen atoms in total. The van der Waals surface area contributed by atoms with Gasteiger partial charge in [-0.15, -0.1) is 11.3 Å². The van der Waals surface area contributed by atoms with E-state index in [4.69, 9.17) is 4.74 Å². The van der Waals surface area contributed by atoms with E-state index in [1.165, 1.54) is 10.4 Å². The van der Waals surface area contributed by atoms with Gasteiger partial charge in [-0.1, -0.05) is 36.4 Å². The molecular formula is C14H15NOS. The van der Waals surface area contributed by atoms with Crippen molar-refractivity contribution in [3.8, 4) is 0 Å². The minimum atomic E-state index is 0.218. The zero-order chi connectivity index (χ0) is 11.5. The Morgan fingerprint density at radius 1 is 1.12 bits per heavy atom. The number of ether oxygens (including phenoxy) is 1. The summed E-state index contributed by atoms with van der Waals surface area (Å²) in [4.78, 5) is 1.31. The van der Waals surface area contributed by atoms with Gasteiger partial charge in [0, 0.05) is 11.4 Å². The summed E-state index contributed by atoms with van der Waals surface area (Å²) in [5.74, 6) is 0. The highest BCUT2D eigenvalue weighted by atomic mass is 32.1. The Labute approximate surface area is 105 Å². The monoisotopic (exact) mass is 245 g/mol. The van der Waals surface area contributed by atoms with Crippen LogP contribution in [0, 0.1) is 0 Å². The van der Waals surface area contributed by atoms with E-state index in [9.17, 15) is 0 Å². The maximum Gasteiger partial charge on any atom is 0.104 e. The summed E-state index contributed by atoms with van der Waals surface area (Å²) in [6.45, 7) is 1.63. The van der Waals surface area contributed by atoms with Gasteiger partial charge in [0.15, 0.2) is 0 Å². The third kappa shape index (κ3) is 2.41. The molecule has 1 aromatic carbocycles. The Morgan fingerprint density at radius 2 is 2.00 bits per heavy atom. The fourth-order valence-electron chi connectivity index (χ4n) is 2.14. The van der Waals surface area contributed by atoms with Crippen molar-refractivity contribution in [3.63, 3.8) is 0 Å². The first-order chi connectivity index (χ1) is 8.43. The van der Waals surface area contributed by atoms with Crippen molar-refractivity contribution >= 4 is 11.3 Å². The van der Waals surface area contributed by atoms with Gasteiger partial charge in [-0.25, -0.2) is 0 Å². The van der Waals surface area contributed by atoms with Crippen LogP contribution in [-0.2, 0) is 4.74 Å². The SMILES string of the molecule is c1ccc(C2COC(c3cccs3)CN2)cc1. The summed E-state index contributed by atoms with van der Waals surface area (Å²) in [5.41, 5.74) is 1.30. The minimum Gasteiger partial charge on any atom is -0.369 e. The van der Waals surface area contributed by atoms with Crippen LogP contribution < -0.4 is 5.32 Å². The Kier molecular flexibility index (Phi) is 3.22. The second-order valence-corrected chi connectivity index (χ2v) is 5.19. The lowest BCUT2D eigenvalue weighted by atomic mass is 10.1. The number of hydrogen-bond acceptors (Lipinski definition) is 3. The van der Waals surface area contributed by atoms with E-state index in [0.29, 0.717) is 6.04 Å². The third-order valence-electron chi connectivity index (χ3n) is 3.08.